The van der Waals surface area contributed by atoms with Crippen molar-refractivity contribution in [2.75, 3.05) is 25.6 Å². The average Bonchev–Trinajstić information content (AvgIpc) is 2.50. The van der Waals surface area contributed by atoms with Gasteiger partial charge < -0.3 is 15.2 Å². The van der Waals surface area contributed by atoms with Crippen molar-refractivity contribution in [1.82, 2.24) is 5.43 Å². The van der Waals surface area contributed by atoms with Gasteiger partial charge in [0.25, 0.3) is 0 Å². The Morgan fingerprint density at radius 1 is 1.46 bits per heavy atom. The molecule has 3 N–H and O–H groups in total. The Balaban J connectivity index is 3.15. The topological polar surface area (TPSA) is 83.0 Å². The van der Waals surface area contributed by atoms with E-state index in [9.17, 15) is 23.1 Å². The fraction of sp³-hybridized carbons (Fsp3) is 0.467. The van der Waals surface area contributed by atoms with Crippen molar-refractivity contribution >= 4 is 17.8 Å². The second-order valence-corrected chi connectivity index (χ2v) is 5.06. The zero-order valence-corrected chi connectivity index (χ0v) is 13.4. The fourth-order valence-corrected chi connectivity index (χ4v) is 1.95. The molecule has 134 valence electrons. The molecule has 0 bridgehead atoms. The third-order valence-corrected chi connectivity index (χ3v) is 3.07. The van der Waals surface area contributed by atoms with Gasteiger partial charge in [-0.25, -0.2) is 5.43 Å². The molecule has 0 aliphatic carbocycles. The summed E-state index contributed by atoms with van der Waals surface area (Å²) in [6.45, 7) is 1.70. The Labute approximate surface area is 137 Å². The lowest BCUT2D eigenvalue weighted by molar-refractivity contribution is -0.137. The van der Waals surface area contributed by atoms with Gasteiger partial charge in [0.2, 0.25) is 6.41 Å². The standard InChI is InChI=1S/C15H20F3N3O3/c1-10(23)5-6-19-13-4-3-11(7-12(13)15(16,17)18)14(8-24-2)21-20-9-22/h3-4,7,9-10,19,23H,5-6,8H2,1-2H3,(H,20,22)/b21-14+. The maximum Gasteiger partial charge on any atom is 0.418 e. The first-order valence-corrected chi connectivity index (χ1v) is 7.17. The summed E-state index contributed by atoms with van der Waals surface area (Å²) >= 11 is 0. The van der Waals surface area contributed by atoms with Crippen LogP contribution in [0.1, 0.15) is 24.5 Å². The molecule has 1 amide bonds. The van der Waals surface area contributed by atoms with Crippen LogP contribution in [0.25, 0.3) is 0 Å². The minimum Gasteiger partial charge on any atom is -0.393 e. The van der Waals surface area contributed by atoms with E-state index in [1.165, 1.54) is 19.2 Å². The number of aliphatic hydroxyl groups is 1. The molecule has 0 aromatic heterocycles. The van der Waals surface area contributed by atoms with Gasteiger partial charge in [0.15, 0.2) is 0 Å². The molecule has 0 spiro atoms. The van der Waals surface area contributed by atoms with Crippen molar-refractivity contribution in [3.63, 3.8) is 0 Å². The highest BCUT2D eigenvalue weighted by molar-refractivity contribution is 6.02. The van der Waals surface area contributed by atoms with Crippen LogP contribution in [0.2, 0.25) is 0 Å². The maximum absolute atomic E-state index is 13.3. The van der Waals surface area contributed by atoms with Gasteiger partial charge in [-0.3, -0.25) is 4.79 Å². The van der Waals surface area contributed by atoms with Crippen molar-refractivity contribution in [3.8, 4) is 0 Å². The summed E-state index contributed by atoms with van der Waals surface area (Å²) in [5.74, 6) is 0. The number of amides is 1. The summed E-state index contributed by atoms with van der Waals surface area (Å²) in [5, 5.41) is 15.6. The molecule has 0 radical (unpaired) electrons. The highest BCUT2D eigenvalue weighted by Crippen LogP contribution is 2.35. The first-order valence-electron chi connectivity index (χ1n) is 7.17. The van der Waals surface area contributed by atoms with E-state index in [2.05, 4.69) is 15.8 Å². The van der Waals surface area contributed by atoms with Crippen molar-refractivity contribution in [3.05, 3.63) is 29.3 Å². The average molecular weight is 347 g/mol. The molecule has 9 heteroatoms. The molecule has 0 saturated carbocycles. The van der Waals surface area contributed by atoms with Crippen LogP contribution in [-0.2, 0) is 15.7 Å². The van der Waals surface area contributed by atoms with Crippen molar-refractivity contribution < 1.29 is 27.8 Å². The molecule has 0 heterocycles. The van der Waals surface area contributed by atoms with Crippen LogP contribution in [0, 0.1) is 0 Å². The molecule has 24 heavy (non-hydrogen) atoms. The molecule has 0 saturated heterocycles. The monoisotopic (exact) mass is 347 g/mol. The number of aliphatic hydroxyl groups excluding tert-OH is 1. The Hall–Kier alpha value is -2.13. The number of anilines is 1. The summed E-state index contributed by atoms with van der Waals surface area (Å²) in [4.78, 5) is 10.3. The van der Waals surface area contributed by atoms with Crippen molar-refractivity contribution in [2.24, 2.45) is 5.10 Å². The van der Waals surface area contributed by atoms with E-state index in [-0.39, 0.29) is 30.1 Å². The molecule has 0 aliphatic heterocycles. The van der Waals surface area contributed by atoms with Gasteiger partial charge in [-0.2, -0.15) is 18.3 Å². The van der Waals surface area contributed by atoms with E-state index in [0.29, 0.717) is 12.8 Å². The molecule has 1 rings (SSSR count). The fourth-order valence-electron chi connectivity index (χ4n) is 1.95. The van der Waals surface area contributed by atoms with E-state index in [0.717, 1.165) is 6.07 Å². The summed E-state index contributed by atoms with van der Waals surface area (Å²) in [6, 6.07) is 3.67. The lowest BCUT2D eigenvalue weighted by atomic mass is 10.0. The largest absolute Gasteiger partial charge is 0.418 e. The highest BCUT2D eigenvalue weighted by atomic mass is 19.4. The van der Waals surface area contributed by atoms with Gasteiger partial charge in [0.05, 0.1) is 24.0 Å². The van der Waals surface area contributed by atoms with Crippen molar-refractivity contribution in [2.45, 2.75) is 25.6 Å². The van der Waals surface area contributed by atoms with Crippen LogP contribution < -0.4 is 10.7 Å². The van der Waals surface area contributed by atoms with E-state index < -0.39 is 17.8 Å². The number of ether oxygens (including phenoxy) is 1. The van der Waals surface area contributed by atoms with Crippen LogP contribution in [0.3, 0.4) is 0 Å². The number of nitrogens with one attached hydrogen (secondary N) is 2. The first-order chi connectivity index (χ1) is 11.3. The Morgan fingerprint density at radius 2 is 2.17 bits per heavy atom. The maximum atomic E-state index is 13.3. The minimum absolute atomic E-state index is 0.0626. The number of hydrazone groups is 1. The predicted molar refractivity (Wildman–Crippen MR) is 83.8 cm³/mol. The van der Waals surface area contributed by atoms with Crippen LogP contribution in [0.15, 0.2) is 23.3 Å². The van der Waals surface area contributed by atoms with E-state index >= 15 is 0 Å². The Bertz CT molecular complexity index is 575. The zero-order chi connectivity index (χ0) is 18.2. The second kappa shape index (κ2) is 9.24. The molecule has 1 aromatic rings. The van der Waals surface area contributed by atoms with Crippen LogP contribution >= 0.6 is 0 Å². The number of hydrogen-bond donors (Lipinski definition) is 3. The molecule has 1 unspecified atom stereocenters. The van der Waals surface area contributed by atoms with Gasteiger partial charge in [-0.15, -0.1) is 0 Å². The number of benzene rings is 1. The van der Waals surface area contributed by atoms with Gasteiger partial charge in [0, 0.05) is 24.9 Å². The summed E-state index contributed by atoms with van der Waals surface area (Å²) < 4.78 is 44.7. The number of rotatable bonds is 9. The number of halogens is 3. The number of carbonyl (C=O) groups excluding carboxylic acids is 1. The van der Waals surface area contributed by atoms with Crippen LogP contribution in [-0.4, -0.2) is 43.6 Å². The van der Waals surface area contributed by atoms with Gasteiger partial charge in [0.1, 0.15) is 0 Å². The molecule has 0 fully saturated rings. The third-order valence-electron chi connectivity index (χ3n) is 3.07. The summed E-state index contributed by atoms with van der Waals surface area (Å²) in [7, 11) is 1.37. The number of alkyl halides is 3. The summed E-state index contributed by atoms with van der Waals surface area (Å²) in [6.07, 6.45) is -4.55. The number of methoxy groups -OCH3 is 1. The van der Waals surface area contributed by atoms with E-state index in [4.69, 9.17) is 4.74 Å². The van der Waals surface area contributed by atoms with Crippen LogP contribution in [0.4, 0.5) is 18.9 Å². The number of nitrogens with zero attached hydrogens (tertiary/aromatic N) is 1. The van der Waals surface area contributed by atoms with Crippen LogP contribution in [0.5, 0.6) is 0 Å². The van der Waals surface area contributed by atoms with E-state index in [1.807, 2.05) is 0 Å². The number of hydrogen-bond acceptors (Lipinski definition) is 5. The van der Waals surface area contributed by atoms with Gasteiger partial charge in [-0.1, -0.05) is 6.07 Å². The number of carbonyl (C=O) groups is 1. The second-order valence-electron chi connectivity index (χ2n) is 5.06. The third kappa shape index (κ3) is 6.17. The molecular formula is C15H20F3N3O3. The molecule has 6 nitrogen and oxygen atoms in total. The van der Waals surface area contributed by atoms with Gasteiger partial charge in [-0.05, 0) is 25.5 Å². The lowest BCUT2D eigenvalue weighted by Crippen LogP contribution is -2.18. The van der Waals surface area contributed by atoms with Crippen molar-refractivity contribution in [1.29, 1.82) is 0 Å². The molecule has 1 aromatic carbocycles. The van der Waals surface area contributed by atoms with E-state index in [1.54, 1.807) is 6.92 Å². The molecule has 0 aliphatic rings. The Kier molecular flexibility index (Phi) is 7.66. The summed E-state index contributed by atoms with van der Waals surface area (Å²) in [5.41, 5.74) is 1.44. The highest BCUT2D eigenvalue weighted by Gasteiger charge is 2.34. The molecular weight excluding hydrogens is 327 g/mol. The predicted octanol–water partition coefficient (Wildman–Crippen LogP) is 1.98. The zero-order valence-electron chi connectivity index (χ0n) is 13.4. The minimum atomic E-state index is -4.57. The SMILES string of the molecule is COC/C(=N\NC=O)c1ccc(NCCC(C)O)c(C(F)(F)F)c1. The Morgan fingerprint density at radius 3 is 2.71 bits per heavy atom. The quantitative estimate of drug-likeness (QED) is 0.362. The lowest BCUT2D eigenvalue weighted by Gasteiger charge is -2.17. The van der Waals surface area contributed by atoms with Gasteiger partial charge >= 0.3 is 6.18 Å². The smallest absolute Gasteiger partial charge is 0.393 e. The first kappa shape index (κ1) is 19.9. The molecule has 1 atom stereocenters. The normalized spacial score (nSPS) is 13.5.